The molecule has 1 fully saturated rings. The summed E-state index contributed by atoms with van der Waals surface area (Å²) >= 11 is 0. The number of rotatable bonds is 6. The van der Waals surface area contributed by atoms with E-state index in [4.69, 9.17) is 0 Å². The molecule has 1 rings (SSSR count). The topological polar surface area (TPSA) is 15.3 Å². The van der Waals surface area contributed by atoms with Crippen molar-refractivity contribution >= 4 is 0 Å². The van der Waals surface area contributed by atoms with Crippen LogP contribution in [0.3, 0.4) is 0 Å². The van der Waals surface area contributed by atoms with Crippen LogP contribution < -0.4 is 5.32 Å². The van der Waals surface area contributed by atoms with Crippen molar-refractivity contribution in [3.8, 4) is 0 Å². The lowest BCUT2D eigenvalue weighted by Crippen LogP contribution is -2.43. The summed E-state index contributed by atoms with van der Waals surface area (Å²) in [6.07, 6.45) is 4.23. The number of nitrogens with zero attached hydrogens (tertiary/aromatic N) is 1. The first-order valence-corrected chi connectivity index (χ1v) is 7.05. The van der Waals surface area contributed by atoms with Crippen LogP contribution in [0, 0.1) is 11.8 Å². The molecule has 0 bridgehead atoms. The van der Waals surface area contributed by atoms with E-state index in [0.717, 1.165) is 18.4 Å². The second kappa shape index (κ2) is 7.29. The summed E-state index contributed by atoms with van der Waals surface area (Å²) in [6, 6.07) is 0.638. The second-order valence-electron chi connectivity index (χ2n) is 5.89. The Kier molecular flexibility index (Phi) is 6.37. The largest absolute Gasteiger partial charge is 0.313 e. The molecule has 1 N–H and O–H groups in total. The van der Waals surface area contributed by atoms with Gasteiger partial charge in [0.1, 0.15) is 0 Å². The molecule has 2 nitrogen and oxygen atoms in total. The van der Waals surface area contributed by atoms with Crippen molar-refractivity contribution in [1.29, 1.82) is 0 Å². The van der Waals surface area contributed by atoms with Gasteiger partial charge in [-0.25, -0.2) is 0 Å². The van der Waals surface area contributed by atoms with Crippen molar-refractivity contribution in [2.24, 2.45) is 11.8 Å². The molecule has 1 heterocycles. The van der Waals surface area contributed by atoms with E-state index in [1.165, 1.54) is 38.9 Å². The third-order valence-corrected chi connectivity index (χ3v) is 3.91. The fourth-order valence-electron chi connectivity index (χ4n) is 2.22. The van der Waals surface area contributed by atoms with Gasteiger partial charge < -0.3 is 10.2 Å². The molecular weight excluding hydrogens is 196 g/mol. The summed E-state index contributed by atoms with van der Waals surface area (Å²) in [5.74, 6) is 1.57. The van der Waals surface area contributed by atoms with E-state index in [1.807, 2.05) is 0 Å². The fraction of sp³-hybridized carbons (Fsp3) is 1.00. The Hall–Kier alpha value is -0.0800. The average Bonchev–Trinajstić information content (AvgIpc) is 2.27. The van der Waals surface area contributed by atoms with Crippen LogP contribution in [0.5, 0.6) is 0 Å². The molecule has 0 amide bonds. The Morgan fingerprint density at radius 1 is 1.00 bits per heavy atom. The summed E-state index contributed by atoms with van der Waals surface area (Å²) in [4.78, 5) is 2.61. The maximum absolute atomic E-state index is 3.67. The molecule has 96 valence electrons. The van der Waals surface area contributed by atoms with Gasteiger partial charge in [-0.2, -0.15) is 0 Å². The molecule has 0 saturated carbocycles. The zero-order valence-corrected chi connectivity index (χ0v) is 11.6. The molecule has 1 aliphatic heterocycles. The number of likely N-dealkylation sites (tertiary alicyclic amines) is 1. The SMILES string of the molecule is CC(CN1CCCCC1)NCC(C)C(C)C. The lowest BCUT2D eigenvalue weighted by atomic mass is 9.98. The first-order valence-electron chi connectivity index (χ1n) is 7.05. The van der Waals surface area contributed by atoms with Crippen molar-refractivity contribution < 1.29 is 0 Å². The Morgan fingerprint density at radius 3 is 2.19 bits per heavy atom. The van der Waals surface area contributed by atoms with Crippen LogP contribution >= 0.6 is 0 Å². The highest BCUT2D eigenvalue weighted by Crippen LogP contribution is 2.10. The van der Waals surface area contributed by atoms with Crippen molar-refractivity contribution in [2.45, 2.75) is 53.0 Å². The molecule has 0 aliphatic carbocycles. The minimum Gasteiger partial charge on any atom is -0.313 e. The Labute approximate surface area is 102 Å². The van der Waals surface area contributed by atoms with Crippen LogP contribution in [0.25, 0.3) is 0 Å². The molecule has 1 aliphatic rings. The van der Waals surface area contributed by atoms with E-state index in [2.05, 4.69) is 37.9 Å². The van der Waals surface area contributed by atoms with E-state index in [1.54, 1.807) is 0 Å². The summed E-state index contributed by atoms with van der Waals surface area (Å²) < 4.78 is 0. The standard InChI is InChI=1S/C14H30N2/c1-12(2)13(3)10-15-14(4)11-16-8-6-5-7-9-16/h12-15H,5-11H2,1-4H3. The Morgan fingerprint density at radius 2 is 1.62 bits per heavy atom. The third kappa shape index (κ3) is 5.31. The molecule has 0 radical (unpaired) electrons. The maximum atomic E-state index is 3.67. The van der Waals surface area contributed by atoms with Crippen LogP contribution in [0.4, 0.5) is 0 Å². The Bertz CT molecular complexity index is 174. The van der Waals surface area contributed by atoms with Crippen LogP contribution in [-0.4, -0.2) is 37.1 Å². The van der Waals surface area contributed by atoms with E-state index in [9.17, 15) is 0 Å². The number of nitrogens with one attached hydrogen (secondary N) is 1. The normalized spacial score (nSPS) is 22.3. The summed E-state index contributed by atoms with van der Waals surface area (Å²) in [5, 5.41) is 3.67. The fourth-order valence-corrected chi connectivity index (χ4v) is 2.22. The van der Waals surface area contributed by atoms with Gasteiger partial charge in [-0.05, 0) is 51.2 Å². The van der Waals surface area contributed by atoms with Gasteiger partial charge in [0.2, 0.25) is 0 Å². The molecule has 2 unspecified atom stereocenters. The summed E-state index contributed by atoms with van der Waals surface area (Å²) in [7, 11) is 0. The monoisotopic (exact) mass is 226 g/mol. The van der Waals surface area contributed by atoms with Gasteiger partial charge in [-0.3, -0.25) is 0 Å². The average molecular weight is 226 g/mol. The van der Waals surface area contributed by atoms with Crippen molar-refractivity contribution in [3.05, 3.63) is 0 Å². The quantitative estimate of drug-likeness (QED) is 0.749. The molecule has 0 aromatic rings. The highest BCUT2D eigenvalue weighted by atomic mass is 15.1. The van der Waals surface area contributed by atoms with E-state index < -0.39 is 0 Å². The van der Waals surface area contributed by atoms with Gasteiger partial charge in [0.25, 0.3) is 0 Å². The third-order valence-electron chi connectivity index (χ3n) is 3.91. The molecule has 2 atom stereocenters. The predicted octanol–water partition coefficient (Wildman–Crippen LogP) is 2.74. The molecule has 0 spiro atoms. The second-order valence-corrected chi connectivity index (χ2v) is 5.89. The maximum Gasteiger partial charge on any atom is 0.0166 e. The highest BCUT2D eigenvalue weighted by molar-refractivity contribution is 4.72. The van der Waals surface area contributed by atoms with Gasteiger partial charge in [0, 0.05) is 12.6 Å². The minimum atomic E-state index is 0.638. The minimum absolute atomic E-state index is 0.638. The Balaban J connectivity index is 2.12. The van der Waals surface area contributed by atoms with Crippen LogP contribution in [0.15, 0.2) is 0 Å². The van der Waals surface area contributed by atoms with Crippen LogP contribution in [0.2, 0.25) is 0 Å². The molecule has 2 heteroatoms. The molecule has 0 aromatic carbocycles. The smallest absolute Gasteiger partial charge is 0.0166 e. The van der Waals surface area contributed by atoms with Crippen molar-refractivity contribution in [2.75, 3.05) is 26.2 Å². The van der Waals surface area contributed by atoms with Crippen molar-refractivity contribution in [1.82, 2.24) is 10.2 Å². The first kappa shape index (κ1) is 14.0. The van der Waals surface area contributed by atoms with E-state index in [0.29, 0.717) is 6.04 Å². The highest BCUT2D eigenvalue weighted by Gasteiger charge is 2.14. The van der Waals surface area contributed by atoms with E-state index in [-0.39, 0.29) is 0 Å². The molecule has 0 aromatic heterocycles. The summed E-state index contributed by atoms with van der Waals surface area (Å²) in [5.41, 5.74) is 0. The molecule has 16 heavy (non-hydrogen) atoms. The number of hydrogen-bond acceptors (Lipinski definition) is 2. The zero-order chi connectivity index (χ0) is 12.0. The van der Waals surface area contributed by atoms with Crippen LogP contribution in [-0.2, 0) is 0 Å². The lowest BCUT2D eigenvalue weighted by molar-refractivity contribution is 0.205. The molecule has 1 saturated heterocycles. The van der Waals surface area contributed by atoms with Gasteiger partial charge in [-0.15, -0.1) is 0 Å². The van der Waals surface area contributed by atoms with E-state index >= 15 is 0 Å². The van der Waals surface area contributed by atoms with Gasteiger partial charge in [0.05, 0.1) is 0 Å². The first-order chi connectivity index (χ1) is 7.59. The number of piperidine rings is 1. The molecular formula is C14H30N2. The summed E-state index contributed by atoms with van der Waals surface area (Å²) in [6.45, 7) is 14.3. The lowest BCUT2D eigenvalue weighted by Gasteiger charge is -2.30. The van der Waals surface area contributed by atoms with Crippen LogP contribution in [0.1, 0.15) is 47.0 Å². The predicted molar refractivity (Wildman–Crippen MR) is 71.8 cm³/mol. The van der Waals surface area contributed by atoms with Crippen molar-refractivity contribution in [3.63, 3.8) is 0 Å². The van der Waals surface area contributed by atoms with Gasteiger partial charge in [-0.1, -0.05) is 27.2 Å². The van der Waals surface area contributed by atoms with Gasteiger partial charge >= 0.3 is 0 Å². The number of hydrogen-bond donors (Lipinski definition) is 1. The zero-order valence-electron chi connectivity index (χ0n) is 11.6. The van der Waals surface area contributed by atoms with Gasteiger partial charge in [0.15, 0.2) is 0 Å².